The van der Waals surface area contributed by atoms with Crippen molar-refractivity contribution in [1.82, 2.24) is 0 Å². The second kappa shape index (κ2) is 6.81. The average molecular weight is 317 g/mol. The van der Waals surface area contributed by atoms with E-state index in [9.17, 15) is 9.59 Å². The Balaban J connectivity index is 2.63. The Kier molecular flexibility index (Phi) is 5.71. The first-order chi connectivity index (χ1) is 7.99. The van der Waals surface area contributed by atoms with Crippen molar-refractivity contribution in [2.45, 2.75) is 13.3 Å². The Morgan fingerprint density at radius 1 is 1.35 bits per heavy atom. The molecular weight excluding hydrogens is 304 g/mol. The molecular formula is C12H13BrO3S. The van der Waals surface area contributed by atoms with Crippen LogP contribution in [0.25, 0.3) is 0 Å². The Morgan fingerprint density at radius 3 is 2.41 bits per heavy atom. The maximum Gasteiger partial charge on any atom is 0.307 e. The molecule has 1 aromatic carbocycles. The molecule has 0 fully saturated rings. The molecule has 0 bridgehead atoms. The Hall–Kier alpha value is -0.810. The standard InChI is InChI=1S/C12H13BrO3S/c1-8(14)17-7-10(12(15)16)6-9-2-4-11(13)5-3-9/h2-5,10H,6-7H2,1H3,(H,15,16). The summed E-state index contributed by atoms with van der Waals surface area (Å²) in [5, 5.41) is 9.02. The van der Waals surface area contributed by atoms with Gasteiger partial charge in [0.1, 0.15) is 0 Å². The number of hydrogen-bond donors (Lipinski definition) is 1. The first-order valence-electron chi connectivity index (χ1n) is 5.09. The summed E-state index contributed by atoms with van der Waals surface area (Å²) in [5.41, 5.74) is 0.963. The molecule has 1 unspecified atom stereocenters. The summed E-state index contributed by atoms with van der Waals surface area (Å²) >= 11 is 4.39. The lowest BCUT2D eigenvalue weighted by Gasteiger charge is -2.11. The molecule has 0 amide bonds. The summed E-state index contributed by atoms with van der Waals surface area (Å²) in [6, 6.07) is 7.54. The number of hydrogen-bond acceptors (Lipinski definition) is 3. The number of halogens is 1. The third kappa shape index (κ3) is 5.37. The fourth-order valence-electron chi connectivity index (χ4n) is 1.34. The van der Waals surface area contributed by atoms with E-state index >= 15 is 0 Å². The average Bonchev–Trinajstić information content (AvgIpc) is 2.26. The molecule has 0 saturated heterocycles. The van der Waals surface area contributed by atoms with E-state index in [0.717, 1.165) is 21.8 Å². The normalized spacial score (nSPS) is 12.1. The number of thioether (sulfide) groups is 1. The minimum absolute atomic E-state index is 0.0490. The van der Waals surface area contributed by atoms with Gasteiger partial charge in [0.25, 0.3) is 0 Å². The second-order valence-electron chi connectivity index (χ2n) is 3.67. The van der Waals surface area contributed by atoms with E-state index < -0.39 is 11.9 Å². The number of rotatable bonds is 5. The molecule has 0 aliphatic heterocycles. The number of carboxylic acid groups (broad SMARTS) is 1. The molecule has 0 heterocycles. The van der Waals surface area contributed by atoms with Crippen LogP contribution in [0.5, 0.6) is 0 Å². The molecule has 92 valence electrons. The SMILES string of the molecule is CC(=O)SCC(Cc1ccc(Br)cc1)C(=O)O. The zero-order valence-corrected chi connectivity index (χ0v) is 11.8. The van der Waals surface area contributed by atoms with Crippen LogP contribution in [0.3, 0.4) is 0 Å². The van der Waals surface area contributed by atoms with Crippen molar-refractivity contribution in [3.63, 3.8) is 0 Å². The highest BCUT2D eigenvalue weighted by Crippen LogP contribution is 2.17. The van der Waals surface area contributed by atoms with E-state index in [1.54, 1.807) is 0 Å². The Morgan fingerprint density at radius 2 is 1.94 bits per heavy atom. The van der Waals surface area contributed by atoms with E-state index in [4.69, 9.17) is 5.11 Å². The molecule has 1 aromatic rings. The van der Waals surface area contributed by atoms with Crippen molar-refractivity contribution in [3.05, 3.63) is 34.3 Å². The molecule has 3 nitrogen and oxygen atoms in total. The minimum Gasteiger partial charge on any atom is -0.481 e. The van der Waals surface area contributed by atoms with Gasteiger partial charge in [-0.1, -0.05) is 39.8 Å². The van der Waals surface area contributed by atoms with Gasteiger partial charge in [0.2, 0.25) is 0 Å². The summed E-state index contributed by atoms with van der Waals surface area (Å²) < 4.78 is 0.964. The zero-order valence-electron chi connectivity index (χ0n) is 9.35. The molecule has 0 aromatic heterocycles. The summed E-state index contributed by atoms with van der Waals surface area (Å²) in [7, 11) is 0. The van der Waals surface area contributed by atoms with Crippen molar-refractivity contribution in [2.24, 2.45) is 5.92 Å². The van der Waals surface area contributed by atoms with Gasteiger partial charge >= 0.3 is 5.97 Å². The van der Waals surface area contributed by atoms with Crippen molar-refractivity contribution < 1.29 is 14.7 Å². The van der Waals surface area contributed by atoms with Crippen LogP contribution in [0.4, 0.5) is 0 Å². The number of aliphatic carboxylic acids is 1. The molecule has 0 aliphatic carbocycles. The maximum atomic E-state index is 11.0. The molecule has 5 heteroatoms. The van der Waals surface area contributed by atoms with Crippen molar-refractivity contribution in [3.8, 4) is 0 Å². The lowest BCUT2D eigenvalue weighted by molar-refractivity contribution is -0.140. The third-order valence-electron chi connectivity index (χ3n) is 2.23. The van der Waals surface area contributed by atoms with Gasteiger partial charge < -0.3 is 5.11 Å². The van der Waals surface area contributed by atoms with Crippen molar-refractivity contribution in [1.29, 1.82) is 0 Å². The molecule has 0 saturated carbocycles. The van der Waals surface area contributed by atoms with Crippen molar-refractivity contribution >= 4 is 38.8 Å². The first-order valence-corrected chi connectivity index (χ1v) is 6.87. The van der Waals surface area contributed by atoms with Crippen LogP contribution in [0, 0.1) is 5.92 Å². The van der Waals surface area contributed by atoms with Gasteiger partial charge in [0.05, 0.1) is 5.92 Å². The topological polar surface area (TPSA) is 54.4 Å². The van der Waals surface area contributed by atoms with E-state index in [0.29, 0.717) is 12.2 Å². The number of carboxylic acids is 1. The van der Waals surface area contributed by atoms with Crippen LogP contribution in [0.2, 0.25) is 0 Å². The van der Waals surface area contributed by atoms with E-state index in [2.05, 4.69) is 15.9 Å². The third-order valence-corrected chi connectivity index (χ3v) is 3.74. The highest BCUT2D eigenvalue weighted by Gasteiger charge is 2.18. The van der Waals surface area contributed by atoms with E-state index in [1.807, 2.05) is 24.3 Å². The summed E-state index contributed by atoms with van der Waals surface area (Å²) in [6.07, 6.45) is 0.447. The highest BCUT2D eigenvalue weighted by atomic mass is 79.9. The van der Waals surface area contributed by atoms with Gasteiger partial charge in [-0.15, -0.1) is 0 Å². The minimum atomic E-state index is -0.860. The predicted molar refractivity (Wildman–Crippen MR) is 72.1 cm³/mol. The lowest BCUT2D eigenvalue weighted by Crippen LogP contribution is -2.19. The van der Waals surface area contributed by atoms with Gasteiger partial charge in [-0.05, 0) is 24.1 Å². The number of carbonyl (C=O) groups is 2. The molecule has 0 spiro atoms. The summed E-state index contributed by atoms with van der Waals surface area (Å²) in [4.78, 5) is 21.9. The van der Waals surface area contributed by atoms with Gasteiger partial charge in [-0.25, -0.2) is 0 Å². The van der Waals surface area contributed by atoms with Crippen LogP contribution in [0.15, 0.2) is 28.7 Å². The van der Waals surface area contributed by atoms with Crippen LogP contribution in [0.1, 0.15) is 12.5 Å². The highest BCUT2D eigenvalue weighted by molar-refractivity contribution is 9.10. The molecule has 17 heavy (non-hydrogen) atoms. The van der Waals surface area contributed by atoms with Crippen LogP contribution >= 0.6 is 27.7 Å². The van der Waals surface area contributed by atoms with Crippen LogP contribution in [-0.2, 0) is 16.0 Å². The monoisotopic (exact) mass is 316 g/mol. The largest absolute Gasteiger partial charge is 0.481 e. The molecule has 1 rings (SSSR count). The van der Waals surface area contributed by atoms with Gasteiger partial charge in [-0.3, -0.25) is 9.59 Å². The Labute approximate surface area is 113 Å². The van der Waals surface area contributed by atoms with Gasteiger partial charge in [0.15, 0.2) is 5.12 Å². The lowest BCUT2D eigenvalue weighted by atomic mass is 10.0. The van der Waals surface area contributed by atoms with Crippen molar-refractivity contribution in [2.75, 3.05) is 5.75 Å². The Bertz CT molecular complexity index is 403. The zero-order chi connectivity index (χ0) is 12.8. The fourth-order valence-corrected chi connectivity index (χ4v) is 2.30. The summed E-state index contributed by atoms with van der Waals surface area (Å²) in [6.45, 7) is 1.45. The van der Waals surface area contributed by atoms with Crippen LogP contribution < -0.4 is 0 Å². The predicted octanol–water partition coefficient (Wildman–Crippen LogP) is 2.97. The fraction of sp³-hybridized carbons (Fsp3) is 0.333. The first kappa shape index (κ1) is 14.3. The van der Waals surface area contributed by atoms with E-state index in [1.165, 1.54) is 6.92 Å². The molecule has 1 N–H and O–H groups in total. The molecule has 0 radical (unpaired) electrons. The quantitative estimate of drug-likeness (QED) is 0.907. The smallest absolute Gasteiger partial charge is 0.307 e. The number of benzene rings is 1. The molecule has 1 atom stereocenters. The second-order valence-corrected chi connectivity index (χ2v) is 5.78. The van der Waals surface area contributed by atoms with Crippen LogP contribution in [-0.4, -0.2) is 21.9 Å². The van der Waals surface area contributed by atoms with Gasteiger partial charge in [0, 0.05) is 17.1 Å². The number of carbonyl (C=O) groups excluding carboxylic acids is 1. The molecule has 0 aliphatic rings. The maximum absolute atomic E-state index is 11.0. The van der Waals surface area contributed by atoms with E-state index in [-0.39, 0.29) is 5.12 Å². The summed E-state index contributed by atoms with van der Waals surface area (Å²) in [5.74, 6) is -1.06. The van der Waals surface area contributed by atoms with Gasteiger partial charge in [-0.2, -0.15) is 0 Å².